The summed E-state index contributed by atoms with van der Waals surface area (Å²) in [5.74, 6) is -1.27. The highest BCUT2D eigenvalue weighted by molar-refractivity contribution is 7.52. The fraction of sp³-hybridized carbons (Fsp3) is 0.909. The minimum absolute atomic E-state index is 0.00588. The minimum Gasteiger partial charge on any atom is -0.464 e. The number of likely N-dealkylation sites (N-methyl/N-ethyl adjacent to an activating group) is 1. The fourth-order valence-corrected chi connectivity index (χ4v) is 11.2. The second kappa shape index (κ2) is 50.9. The quantitative estimate of drug-likeness (QED) is 0.0177. The molecule has 0 aromatic rings. The van der Waals surface area contributed by atoms with E-state index >= 15 is 0 Å². The van der Waals surface area contributed by atoms with Crippen molar-refractivity contribution in [1.29, 1.82) is 0 Å². The van der Waals surface area contributed by atoms with Gasteiger partial charge < -0.3 is 83.1 Å². The fourth-order valence-electron chi connectivity index (χ4n) is 6.61. The zero-order valence-electron chi connectivity index (χ0n) is 68.6. The Bertz CT molecular complexity index is 2530. The molecule has 2 rings (SSSR count). The van der Waals surface area contributed by atoms with Crippen LogP contribution in [-0.2, 0) is 92.6 Å². The van der Waals surface area contributed by atoms with Crippen LogP contribution >= 0.6 is 38.7 Å². The van der Waals surface area contributed by atoms with E-state index in [0.717, 1.165) is 38.4 Å². The predicted molar refractivity (Wildman–Crippen MR) is 399 cm³/mol. The topological polar surface area (TPSA) is 473 Å². The molecule has 1 aliphatic carbocycles. The van der Waals surface area contributed by atoms with E-state index < -0.39 is 117 Å². The third kappa shape index (κ3) is 89.0. The minimum atomic E-state index is -4.29. The zero-order valence-corrected chi connectivity index (χ0v) is 73.1. The van der Waals surface area contributed by atoms with Crippen LogP contribution in [0.4, 0.5) is 0 Å². The van der Waals surface area contributed by atoms with E-state index in [1.807, 2.05) is 69.2 Å². The number of aliphatic hydroxyl groups excluding tert-OH is 4. The molecule has 1 aliphatic heterocycles. The van der Waals surface area contributed by atoms with Crippen molar-refractivity contribution in [3.63, 3.8) is 0 Å². The number of hydrogen-bond acceptors (Lipinski definition) is 26. The van der Waals surface area contributed by atoms with Gasteiger partial charge in [-0.05, 0) is 161 Å². The van der Waals surface area contributed by atoms with Gasteiger partial charge in [0.25, 0.3) is 0 Å². The molecule has 0 aromatic carbocycles. The maximum absolute atomic E-state index is 11.2. The lowest BCUT2D eigenvalue weighted by atomic mass is 9.78. The number of phosphoric acid groups is 3. The van der Waals surface area contributed by atoms with E-state index in [1.165, 1.54) is 13.6 Å². The van der Waals surface area contributed by atoms with Crippen molar-refractivity contribution in [1.82, 2.24) is 10.2 Å². The first-order valence-corrected chi connectivity index (χ1v) is 42.1. The number of phosphoric ester groups is 3. The molecule has 0 amide bonds. The summed E-state index contributed by atoms with van der Waals surface area (Å²) in [7, 11) is -19.2. The predicted octanol–water partition coefficient (Wildman–Crippen LogP) is 12.3. The van der Waals surface area contributed by atoms with E-state index in [2.05, 4.69) is 54.0 Å². The normalized spacial score (nSPS) is 18.8. The smallest absolute Gasteiger partial charge is 0.464 e. The van der Waals surface area contributed by atoms with Crippen molar-refractivity contribution in [3.05, 3.63) is 11.6 Å². The number of nitrogens with zero attached hydrogens (tertiary/aromatic N) is 1. The molecule has 32 nitrogen and oxygen atoms in total. The van der Waals surface area contributed by atoms with Crippen LogP contribution in [0.3, 0.4) is 0 Å². The van der Waals surface area contributed by atoms with E-state index in [0.29, 0.717) is 31.5 Å². The molecule has 0 radical (unpaired) electrons. The number of Topliss-reactive ketones (excluding diaryl/α,β-unsaturated/α-hetero) is 1. The molecule has 8 unspecified atom stereocenters. The second-order valence-electron chi connectivity index (χ2n) is 32.8. The van der Waals surface area contributed by atoms with Crippen molar-refractivity contribution in [3.8, 4) is 0 Å². The van der Waals surface area contributed by atoms with Crippen LogP contribution in [0.1, 0.15) is 247 Å². The van der Waals surface area contributed by atoms with Crippen LogP contribution in [0.15, 0.2) is 11.6 Å². The summed E-state index contributed by atoms with van der Waals surface area (Å²) in [6.45, 7) is 63.6. The summed E-state index contributed by atoms with van der Waals surface area (Å²) in [5.41, 5.74) is -2.13. The standard InChI is InChI=1S/C10H18O3.C9H19NO2.C8H17NO.2C8H17O6P.C8H16O2.C6H15O3P.C5H13O3P.C4H11O4P/c1-10(2,3)6-4-7(11)9(13)8(12)5-6;1-5-10-6-8(11)12-7-9(2,3)4;1-8(2,3)9-4-6-10-7-5-9;2*1-5-7(9)12-6-13-15(10,11)14-8(2,3)4;1-6(9)7(10)5-8(2,3)4;1-5-10(7,8)9-6(2,3)4;1-5(2,3)8-9(4,6)7;1-4(2,3)8-9(5,6)7/h4,7-9,11-13H,5H2,1-3H3;10H,5-7H2,1-4H3;4-7H2,1-3H3;2*5-6H2,1-4H3,(H,10,11);6,9H,5H2,1-4H3;5H2,1-4H3,(H,7,8);1-4H3,(H,6,7);1-3H3,(H2,5,6,7). The maximum Gasteiger partial charge on any atom is 0.475 e. The van der Waals surface area contributed by atoms with Gasteiger partial charge in [-0.25, -0.2) is 22.7 Å². The lowest BCUT2D eigenvalue weighted by Crippen LogP contribution is -2.47. The Morgan fingerprint density at radius 2 is 0.922 bits per heavy atom. The van der Waals surface area contributed by atoms with Crippen LogP contribution in [0.5, 0.6) is 0 Å². The van der Waals surface area contributed by atoms with Gasteiger partial charge in [0.1, 0.15) is 18.3 Å². The number of ketones is 1. The Kier molecular flexibility index (Phi) is 56.5. The molecule has 1 saturated heterocycles. The molecule has 0 saturated carbocycles. The zero-order chi connectivity index (χ0) is 83.9. The molecule has 622 valence electrons. The maximum atomic E-state index is 11.2. The number of carbonyl (C=O) groups is 4. The number of esters is 3. The van der Waals surface area contributed by atoms with Crippen LogP contribution in [-0.4, -0.2) is 209 Å². The van der Waals surface area contributed by atoms with Gasteiger partial charge in [-0.2, -0.15) is 0 Å². The average Bonchev–Trinajstić information content (AvgIpc) is 0.824. The summed E-state index contributed by atoms with van der Waals surface area (Å²) < 4.78 is 105. The largest absolute Gasteiger partial charge is 0.475 e. The molecule has 0 spiro atoms. The molecule has 103 heavy (non-hydrogen) atoms. The molecular formula is C66H143N2O30P5. The van der Waals surface area contributed by atoms with Crippen LogP contribution in [0.2, 0.25) is 0 Å². The number of nitrogens with one attached hydrogen (secondary N) is 1. The highest BCUT2D eigenvalue weighted by Crippen LogP contribution is 2.49. The summed E-state index contributed by atoms with van der Waals surface area (Å²) >= 11 is 0. The van der Waals surface area contributed by atoms with Crippen molar-refractivity contribution in [2.24, 2.45) is 16.2 Å². The molecule has 0 bridgehead atoms. The number of carbonyl (C=O) groups excluding carboxylic acids is 4. The summed E-state index contributed by atoms with van der Waals surface area (Å²) in [4.78, 5) is 98.1. The molecular weight excluding hydrogens is 1460 g/mol. The number of hydrogen-bond donors (Lipinski definition) is 11. The van der Waals surface area contributed by atoms with Crippen LogP contribution in [0.25, 0.3) is 0 Å². The summed E-state index contributed by atoms with van der Waals surface area (Å²) in [5, 5.41) is 39.9. The van der Waals surface area contributed by atoms with Crippen LogP contribution in [0, 0.1) is 16.2 Å². The first-order valence-electron chi connectivity index (χ1n) is 33.8. The lowest BCUT2D eigenvalue weighted by Gasteiger charge is -2.38. The SMILES string of the molecule is CC(C)(C)C1=CC(O)C(O)C(O)C1.CC(C)(C)N1CCOCC1.CC(C)(C)OP(=O)(O)O.CC(C)(C)OP(C)(=O)O.CC(O)C(=O)CC(C)(C)C.CCC(=O)OCOP(=O)(O)OC(C)(C)C.CCC(=O)OCOP(=O)(O)OC(C)(C)C.CCNCC(=O)OCC(C)(C)C.CCP(=O)(O)OC(C)(C)C. The highest BCUT2D eigenvalue weighted by atomic mass is 31.2. The Hall–Kier alpha value is -1.83. The summed E-state index contributed by atoms with van der Waals surface area (Å²) in [6.07, 6.45) is -0.538. The van der Waals surface area contributed by atoms with Crippen LogP contribution < -0.4 is 5.32 Å². The first-order chi connectivity index (χ1) is 45.2. The van der Waals surface area contributed by atoms with Gasteiger partial charge in [0.05, 0.1) is 60.5 Å². The van der Waals surface area contributed by atoms with Crippen molar-refractivity contribution < 1.29 is 142 Å². The van der Waals surface area contributed by atoms with E-state index in [-0.39, 0.29) is 47.0 Å². The monoisotopic (exact) mass is 1600 g/mol. The van der Waals surface area contributed by atoms with Gasteiger partial charge in [-0.3, -0.25) is 46.8 Å². The van der Waals surface area contributed by atoms with Crippen molar-refractivity contribution in [2.75, 3.05) is 72.4 Å². The Morgan fingerprint density at radius 1 is 0.553 bits per heavy atom. The van der Waals surface area contributed by atoms with Gasteiger partial charge in [-0.15, -0.1) is 0 Å². The highest BCUT2D eigenvalue weighted by Gasteiger charge is 2.34. The molecule has 2 aliphatic rings. The molecule has 37 heteroatoms. The third-order valence-corrected chi connectivity index (χ3v) is 16.4. The van der Waals surface area contributed by atoms with Gasteiger partial charge in [0.15, 0.2) is 5.78 Å². The number of rotatable bonds is 20. The number of ether oxygens (including phenoxy) is 4. The number of aliphatic hydroxyl groups is 4. The average molecular weight is 1600 g/mol. The molecule has 1 heterocycles. The Balaban J connectivity index is -0.000000203. The van der Waals surface area contributed by atoms with Gasteiger partial charge in [0.2, 0.25) is 13.6 Å². The third-order valence-electron chi connectivity index (χ3n) is 10.7. The first kappa shape index (κ1) is 114. The van der Waals surface area contributed by atoms with E-state index in [4.69, 9.17) is 62.0 Å². The Labute approximate surface area is 618 Å². The van der Waals surface area contributed by atoms with Crippen molar-refractivity contribution in [2.45, 2.75) is 305 Å². The number of morpholine rings is 1. The molecule has 0 aromatic heterocycles. The molecule has 11 N–H and O–H groups in total. The molecule has 8 atom stereocenters. The van der Waals surface area contributed by atoms with Gasteiger partial charge >= 0.3 is 56.6 Å². The van der Waals surface area contributed by atoms with Gasteiger partial charge in [0, 0.05) is 50.7 Å². The summed E-state index contributed by atoms with van der Waals surface area (Å²) in [6, 6.07) is 0. The van der Waals surface area contributed by atoms with Crippen molar-refractivity contribution >= 4 is 62.4 Å². The van der Waals surface area contributed by atoms with Gasteiger partial charge in [-0.1, -0.05) is 102 Å². The lowest BCUT2D eigenvalue weighted by molar-refractivity contribution is -0.152. The Morgan fingerprint density at radius 3 is 1.13 bits per heavy atom. The molecule has 1 fully saturated rings. The van der Waals surface area contributed by atoms with E-state index in [1.54, 1.807) is 131 Å². The van der Waals surface area contributed by atoms with E-state index in [9.17, 15) is 57.3 Å². The second-order valence-corrected chi connectivity index (χ2v) is 40.6.